The first kappa shape index (κ1) is 26.8. The molecule has 5 nitrogen and oxygen atoms in total. The first-order valence-electron chi connectivity index (χ1n) is 11.7. The van der Waals surface area contributed by atoms with Crippen LogP contribution in [0.2, 0.25) is 0 Å². The average Bonchev–Trinajstić information content (AvgIpc) is 3.10. The minimum Gasteiger partial charge on any atom is -0.468 e. The van der Waals surface area contributed by atoms with Crippen LogP contribution in [0.15, 0.2) is 54.6 Å². The van der Waals surface area contributed by atoms with Gasteiger partial charge in [-0.3, -0.25) is 9.59 Å². The smallest absolute Gasteiger partial charge is 0.315 e. The van der Waals surface area contributed by atoms with Crippen molar-refractivity contribution in [2.24, 2.45) is 5.92 Å². The molecule has 1 aliphatic rings. The van der Waals surface area contributed by atoms with E-state index < -0.39 is 11.7 Å². The van der Waals surface area contributed by atoms with Crippen molar-refractivity contribution in [2.75, 3.05) is 24.4 Å². The van der Waals surface area contributed by atoms with Crippen LogP contribution in [0.1, 0.15) is 31.7 Å². The highest BCUT2D eigenvalue weighted by molar-refractivity contribution is 8.01. The Labute approximate surface area is 210 Å². The van der Waals surface area contributed by atoms with Gasteiger partial charge in [0.2, 0.25) is 0 Å². The molecule has 7 heteroatoms. The minimum atomic E-state index is -1.03. The highest BCUT2D eigenvalue weighted by atomic mass is 32.2. The van der Waals surface area contributed by atoms with Crippen LogP contribution in [-0.2, 0) is 20.7 Å². The molecule has 2 N–H and O–H groups in total. The third-order valence-electron chi connectivity index (χ3n) is 6.11. The summed E-state index contributed by atoms with van der Waals surface area (Å²) in [5, 5.41) is 23.5. The number of methoxy groups -OCH3 is 1. The molecule has 4 atom stereocenters. The van der Waals surface area contributed by atoms with Gasteiger partial charge >= 0.3 is 5.97 Å². The largest absolute Gasteiger partial charge is 0.468 e. The molecular formula is C27H34O5S2. The summed E-state index contributed by atoms with van der Waals surface area (Å²) in [4.78, 5) is 23.6. The van der Waals surface area contributed by atoms with Gasteiger partial charge in [0, 0.05) is 12.3 Å². The summed E-state index contributed by atoms with van der Waals surface area (Å²) >= 11 is 3.08. The lowest BCUT2D eigenvalue weighted by atomic mass is 9.93. The van der Waals surface area contributed by atoms with Crippen LogP contribution in [-0.4, -0.2) is 63.3 Å². The molecule has 2 aromatic carbocycles. The highest BCUT2D eigenvalue weighted by Crippen LogP contribution is 2.35. The molecule has 1 saturated carbocycles. The maximum absolute atomic E-state index is 12.4. The fourth-order valence-corrected chi connectivity index (χ4v) is 6.39. The number of carbonyl (C=O) groups excluding carboxylic acids is 2. The molecule has 0 aliphatic heterocycles. The van der Waals surface area contributed by atoms with E-state index in [0.29, 0.717) is 12.2 Å². The van der Waals surface area contributed by atoms with Crippen molar-refractivity contribution in [1.29, 1.82) is 0 Å². The van der Waals surface area contributed by atoms with Crippen molar-refractivity contribution in [1.82, 2.24) is 0 Å². The van der Waals surface area contributed by atoms with Crippen molar-refractivity contribution in [3.63, 3.8) is 0 Å². The Morgan fingerprint density at radius 1 is 1.21 bits per heavy atom. The second-order valence-corrected chi connectivity index (χ2v) is 11.3. The number of hydrogen-bond acceptors (Lipinski definition) is 7. The Hall–Kier alpha value is -1.80. The Balaban J connectivity index is 1.51. The number of fused-ring (bicyclic) bond motifs is 1. The quantitative estimate of drug-likeness (QED) is 0.252. The predicted molar refractivity (Wildman–Crippen MR) is 141 cm³/mol. The second kappa shape index (κ2) is 12.8. The first-order chi connectivity index (χ1) is 16.3. The van der Waals surface area contributed by atoms with E-state index >= 15 is 0 Å². The number of Topliss-reactive ketones (excluding diaryl/α,β-unsaturated/α-hetero) is 1. The predicted octanol–water partition coefficient (Wildman–Crippen LogP) is 4.43. The van der Waals surface area contributed by atoms with Gasteiger partial charge < -0.3 is 14.9 Å². The number of benzene rings is 2. The molecule has 2 aromatic rings. The minimum absolute atomic E-state index is 0.0603. The fourth-order valence-electron chi connectivity index (χ4n) is 4.09. The molecule has 34 heavy (non-hydrogen) atoms. The molecule has 0 bridgehead atoms. The summed E-state index contributed by atoms with van der Waals surface area (Å²) < 4.78 is 4.63. The van der Waals surface area contributed by atoms with Gasteiger partial charge in [-0.15, -0.1) is 11.8 Å². The second-order valence-electron chi connectivity index (χ2n) is 8.99. The number of aliphatic hydroxyl groups is 2. The van der Waals surface area contributed by atoms with Crippen molar-refractivity contribution in [3.8, 4) is 0 Å². The lowest BCUT2D eigenvalue weighted by Crippen LogP contribution is -2.25. The number of ketones is 1. The van der Waals surface area contributed by atoms with Gasteiger partial charge in [-0.1, -0.05) is 54.6 Å². The fraction of sp³-hybridized carbons (Fsp3) is 0.481. The highest BCUT2D eigenvalue weighted by Gasteiger charge is 2.40. The summed E-state index contributed by atoms with van der Waals surface area (Å²) in [6.07, 6.45) is 5.17. The van der Waals surface area contributed by atoms with Crippen LogP contribution in [0.3, 0.4) is 0 Å². The number of esters is 1. The summed E-state index contributed by atoms with van der Waals surface area (Å²) in [5.41, 5.74) is 0.137. The van der Waals surface area contributed by atoms with Crippen molar-refractivity contribution in [3.05, 3.63) is 60.2 Å². The van der Waals surface area contributed by atoms with Gasteiger partial charge in [-0.05, 0) is 54.0 Å². The van der Waals surface area contributed by atoms with Crippen LogP contribution in [0.5, 0.6) is 0 Å². The van der Waals surface area contributed by atoms with E-state index in [9.17, 15) is 19.8 Å². The first-order valence-corrected chi connectivity index (χ1v) is 13.9. The lowest BCUT2D eigenvalue weighted by Gasteiger charge is -2.22. The molecule has 0 radical (unpaired) electrons. The summed E-state index contributed by atoms with van der Waals surface area (Å²) in [5.74, 6) is 1.46. The van der Waals surface area contributed by atoms with Crippen molar-refractivity contribution in [2.45, 2.75) is 49.6 Å². The molecule has 1 unspecified atom stereocenters. The van der Waals surface area contributed by atoms with E-state index in [1.54, 1.807) is 24.8 Å². The molecular weight excluding hydrogens is 468 g/mol. The monoisotopic (exact) mass is 502 g/mol. The van der Waals surface area contributed by atoms with Gasteiger partial charge in [0.1, 0.15) is 5.78 Å². The molecule has 0 heterocycles. The number of ether oxygens (including phenoxy) is 1. The van der Waals surface area contributed by atoms with E-state index in [1.165, 1.54) is 35.2 Å². The topological polar surface area (TPSA) is 83.8 Å². The number of carbonyl (C=O) groups is 2. The number of aliphatic hydroxyl groups excluding tert-OH is 1. The third kappa shape index (κ3) is 7.87. The van der Waals surface area contributed by atoms with Gasteiger partial charge in [0.15, 0.2) is 0 Å². The van der Waals surface area contributed by atoms with Crippen LogP contribution >= 0.6 is 23.5 Å². The lowest BCUT2D eigenvalue weighted by molar-refractivity contribution is -0.137. The van der Waals surface area contributed by atoms with Crippen LogP contribution in [0, 0.1) is 5.92 Å². The Morgan fingerprint density at radius 3 is 2.74 bits per heavy atom. The molecule has 1 fully saturated rings. The van der Waals surface area contributed by atoms with Gasteiger partial charge in [0.25, 0.3) is 0 Å². The van der Waals surface area contributed by atoms with Crippen molar-refractivity contribution >= 4 is 46.0 Å². The Kier molecular flexibility index (Phi) is 10.1. The molecule has 0 spiro atoms. The number of aryl methyl sites for hydroxylation is 1. The Morgan fingerprint density at radius 2 is 1.97 bits per heavy atom. The number of thioether (sulfide) groups is 2. The number of rotatable bonds is 12. The summed E-state index contributed by atoms with van der Waals surface area (Å²) in [6, 6.07) is 14.6. The zero-order valence-electron chi connectivity index (χ0n) is 19.8. The average molecular weight is 503 g/mol. The molecule has 3 rings (SSSR count). The standard InChI is InChI=1S/C27H34O5S2/c1-27(31,12-10-19-8-9-20-6-3-4-7-21(20)16-19)13-11-22-23(28)17-24(29)26(22)34-15-5-14-33-18-25(30)32-2/h3-4,6-9,11,13,16,22-23,26,28,31H,5,10,12,14-15,17-18H2,1-2H3/t22-,23+,26+,27?/m0/s1. The maximum atomic E-state index is 12.4. The van der Waals surface area contributed by atoms with Crippen LogP contribution in [0.25, 0.3) is 10.8 Å². The SMILES string of the molecule is COC(=O)CSCCCS[C@H]1C(=O)C[C@@H](O)[C@@H]1C=CC(C)(O)CCc1ccc2ccccc2c1. The van der Waals surface area contributed by atoms with E-state index in [4.69, 9.17) is 0 Å². The summed E-state index contributed by atoms with van der Waals surface area (Å²) in [6.45, 7) is 1.77. The summed E-state index contributed by atoms with van der Waals surface area (Å²) in [7, 11) is 1.38. The van der Waals surface area contributed by atoms with Gasteiger partial charge in [0.05, 0.1) is 29.8 Å². The van der Waals surface area contributed by atoms with Crippen LogP contribution < -0.4 is 0 Å². The Bertz CT molecular complexity index is 1000. The normalized spacial score (nSPS) is 22.4. The van der Waals surface area contributed by atoms with E-state index in [0.717, 1.165) is 24.3 Å². The van der Waals surface area contributed by atoms with Gasteiger partial charge in [-0.2, -0.15) is 11.8 Å². The van der Waals surface area contributed by atoms with E-state index in [1.807, 2.05) is 18.2 Å². The third-order valence-corrected chi connectivity index (χ3v) is 8.59. The zero-order valence-corrected chi connectivity index (χ0v) is 21.4. The molecule has 0 saturated heterocycles. The zero-order chi connectivity index (χ0) is 24.6. The maximum Gasteiger partial charge on any atom is 0.315 e. The molecule has 0 amide bonds. The molecule has 184 valence electrons. The molecule has 1 aliphatic carbocycles. The van der Waals surface area contributed by atoms with E-state index in [-0.39, 0.29) is 29.3 Å². The van der Waals surface area contributed by atoms with Crippen LogP contribution in [0.4, 0.5) is 0 Å². The molecule has 0 aromatic heterocycles. The van der Waals surface area contributed by atoms with Crippen molar-refractivity contribution < 1.29 is 24.5 Å². The number of hydrogen-bond donors (Lipinski definition) is 2. The van der Waals surface area contributed by atoms with Gasteiger partial charge in [-0.25, -0.2) is 0 Å². The van der Waals surface area contributed by atoms with E-state index in [2.05, 4.69) is 35.1 Å².